The van der Waals surface area contributed by atoms with E-state index in [1.165, 1.54) is 23.3 Å². The number of hydrogen-bond acceptors (Lipinski definition) is 3. The first-order valence-electron chi connectivity index (χ1n) is 10.7. The van der Waals surface area contributed by atoms with Gasteiger partial charge in [-0.2, -0.15) is 0 Å². The van der Waals surface area contributed by atoms with Gasteiger partial charge in [-0.15, -0.1) is 0 Å². The van der Waals surface area contributed by atoms with Crippen molar-refractivity contribution in [3.05, 3.63) is 65.7 Å². The van der Waals surface area contributed by atoms with Gasteiger partial charge in [-0.05, 0) is 24.6 Å². The summed E-state index contributed by atoms with van der Waals surface area (Å²) in [5, 5.41) is 5.66. The number of quaternary nitrogens is 1. The number of carbonyl (C=O) groups is 2. The van der Waals surface area contributed by atoms with E-state index < -0.39 is 11.8 Å². The summed E-state index contributed by atoms with van der Waals surface area (Å²) in [7, 11) is 4.04. The van der Waals surface area contributed by atoms with Gasteiger partial charge in [0, 0.05) is 38.2 Å². The normalized spacial score (nSPS) is 16.0. The largest absolute Gasteiger partial charge is 0.378 e. The van der Waals surface area contributed by atoms with Gasteiger partial charge in [0.25, 0.3) is 0 Å². The molecule has 2 aromatic carbocycles. The predicted molar refractivity (Wildman–Crippen MR) is 119 cm³/mol. The molecule has 0 aromatic heterocycles. The lowest BCUT2D eigenvalue weighted by atomic mass is 10.0. The molecule has 0 spiro atoms. The molecule has 3 N–H and O–H groups in total. The number of hydrogen-bond donors (Lipinski definition) is 3. The molecule has 3 rings (SSSR count). The second-order valence-corrected chi connectivity index (χ2v) is 8.22. The maximum Gasteiger partial charge on any atom is 0.309 e. The van der Waals surface area contributed by atoms with E-state index in [0.29, 0.717) is 6.54 Å². The lowest BCUT2D eigenvalue weighted by Gasteiger charge is -2.26. The summed E-state index contributed by atoms with van der Waals surface area (Å²) in [5.74, 6) is -1.17. The van der Waals surface area contributed by atoms with E-state index in [4.69, 9.17) is 0 Å². The van der Waals surface area contributed by atoms with E-state index in [1.807, 2.05) is 51.4 Å². The van der Waals surface area contributed by atoms with Crippen molar-refractivity contribution in [2.45, 2.75) is 31.8 Å². The molecule has 0 aliphatic carbocycles. The highest BCUT2D eigenvalue weighted by atomic mass is 16.2. The molecular weight excluding hydrogens is 376 g/mol. The average Bonchev–Trinajstić information content (AvgIpc) is 3.29. The Bertz CT molecular complexity index is 830. The minimum atomic E-state index is -0.593. The fourth-order valence-corrected chi connectivity index (χ4v) is 4.04. The first-order chi connectivity index (χ1) is 14.5. The first-order valence-corrected chi connectivity index (χ1v) is 10.7. The van der Waals surface area contributed by atoms with E-state index in [0.717, 1.165) is 24.3 Å². The Balaban J connectivity index is 1.61. The molecule has 0 unspecified atom stereocenters. The fourth-order valence-electron chi connectivity index (χ4n) is 4.04. The first kappa shape index (κ1) is 21.8. The van der Waals surface area contributed by atoms with Crippen molar-refractivity contribution in [1.29, 1.82) is 0 Å². The molecule has 0 radical (unpaired) electrons. The fraction of sp³-hybridized carbons (Fsp3) is 0.417. The van der Waals surface area contributed by atoms with Crippen LogP contribution in [0.3, 0.4) is 0 Å². The van der Waals surface area contributed by atoms with Gasteiger partial charge in [0.1, 0.15) is 6.04 Å². The summed E-state index contributed by atoms with van der Waals surface area (Å²) in [6.45, 7) is 4.51. The van der Waals surface area contributed by atoms with Crippen molar-refractivity contribution < 1.29 is 14.5 Å². The van der Waals surface area contributed by atoms with E-state index in [2.05, 4.69) is 39.8 Å². The van der Waals surface area contributed by atoms with Gasteiger partial charge in [0.15, 0.2) is 0 Å². The molecular formula is C24H33N4O2+. The van der Waals surface area contributed by atoms with Crippen molar-refractivity contribution in [1.82, 2.24) is 10.6 Å². The average molecular weight is 410 g/mol. The van der Waals surface area contributed by atoms with Gasteiger partial charge in [0.05, 0.1) is 25.7 Å². The van der Waals surface area contributed by atoms with Crippen LogP contribution in [0, 0.1) is 0 Å². The molecule has 1 fully saturated rings. The van der Waals surface area contributed by atoms with Crippen molar-refractivity contribution >= 4 is 17.5 Å². The predicted octanol–water partition coefficient (Wildman–Crippen LogP) is 1.47. The zero-order valence-electron chi connectivity index (χ0n) is 18.2. The van der Waals surface area contributed by atoms with Gasteiger partial charge in [-0.3, -0.25) is 9.59 Å². The number of likely N-dealkylation sites (tertiary alicyclic amines) is 1. The third kappa shape index (κ3) is 5.60. The number of rotatable bonds is 7. The van der Waals surface area contributed by atoms with Gasteiger partial charge in [-0.1, -0.05) is 42.5 Å². The molecule has 160 valence electrons. The summed E-state index contributed by atoms with van der Waals surface area (Å²) in [5.41, 5.74) is 3.31. The second-order valence-electron chi connectivity index (χ2n) is 8.22. The Labute approximate surface area is 179 Å². The molecule has 2 atom stereocenters. The lowest BCUT2D eigenvalue weighted by Crippen LogP contribution is -3.11. The Morgan fingerprint density at radius 1 is 0.933 bits per heavy atom. The van der Waals surface area contributed by atoms with Crippen LogP contribution in [-0.4, -0.2) is 45.5 Å². The van der Waals surface area contributed by atoms with Crippen LogP contribution in [0.4, 0.5) is 5.69 Å². The second kappa shape index (κ2) is 10.3. The van der Waals surface area contributed by atoms with Crippen LogP contribution in [0.5, 0.6) is 0 Å². The van der Waals surface area contributed by atoms with Gasteiger partial charge in [-0.25, -0.2) is 0 Å². The minimum Gasteiger partial charge on any atom is -0.378 e. The molecule has 30 heavy (non-hydrogen) atoms. The third-order valence-electron chi connectivity index (χ3n) is 5.87. The van der Waals surface area contributed by atoms with Gasteiger partial charge >= 0.3 is 11.8 Å². The molecule has 1 aliphatic heterocycles. The van der Waals surface area contributed by atoms with E-state index in [1.54, 1.807) is 0 Å². The molecule has 0 bridgehead atoms. The molecule has 1 saturated heterocycles. The van der Waals surface area contributed by atoms with Crippen LogP contribution in [0.25, 0.3) is 0 Å². The summed E-state index contributed by atoms with van der Waals surface area (Å²) in [6, 6.07) is 18.0. The zero-order chi connectivity index (χ0) is 21.5. The topological polar surface area (TPSA) is 65.9 Å². The van der Waals surface area contributed by atoms with Crippen LogP contribution in [0.15, 0.2) is 54.6 Å². The molecule has 6 heteroatoms. The van der Waals surface area contributed by atoms with Crippen molar-refractivity contribution in [3.8, 4) is 0 Å². The van der Waals surface area contributed by atoms with Crippen molar-refractivity contribution in [3.63, 3.8) is 0 Å². The van der Waals surface area contributed by atoms with Crippen molar-refractivity contribution in [2.24, 2.45) is 0 Å². The number of carbonyl (C=O) groups excluding carboxylic acids is 2. The van der Waals surface area contributed by atoms with Crippen LogP contribution in [0.1, 0.15) is 43.0 Å². The summed E-state index contributed by atoms with van der Waals surface area (Å²) in [4.78, 5) is 28.4. The molecule has 0 saturated carbocycles. The number of nitrogens with one attached hydrogen (secondary N) is 3. The summed E-state index contributed by atoms with van der Waals surface area (Å²) >= 11 is 0. The number of benzene rings is 2. The number of amides is 2. The molecule has 2 aromatic rings. The smallest absolute Gasteiger partial charge is 0.309 e. The van der Waals surface area contributed by atoms with Crippen LogP contribution in [0.2, 0.25) is 0 Å². The zero-order valence-corrected chi connectivity index (χ0v) is 18.2. The lowest BCUT2D eigenvalue weighted by molar-refractivity contribution is -0.918. The standard InChI is InChI=1S/C24H32N4O2/c1-18(19-9-5-4-6-10-19)26-24(30)23(29)25-17-22(28-15-7-8-16-28)20-11-13-21(14-12-20)27(2)3/h4-6,9-14,18,22H,7-8,15-17H2,1-3H3,(H,25,29)(H,26,30)/p+1/t18-,22-/m1/s1. The Hall–Kier alpha value is -2.86. The quantitative estimate of drug-likeness (QED) is 0.607. The van der Waals surface area contributed by atoms with E-state index in [9.17, 15) is 9.59 Å². The van der Waals surface area contributed by atoms with Crippen molar-refractivity contribution in [2.75, 3.05) is 38.6 Å². The number of anilines is 1. The SMILES string of the molecule is C[C@@H](NC(=O)C(=O)NC[C@H](c1ccc(N(C)C)cc1)[NH+]1CCCC1)c1ccccc1. The molecule has 1 aliphatic rings. The van der Waals surface area contributed by atoms with Crippen LogP contribution < -0.4 is 20.4 Å². The highest BCUT2D eigenvalue weighted by Gasteiger charge is 2.29. The van der Waals surface area contributed by atoms with Crippen LogP contribution >= 0.6 is 0 Å². The third-order valence-corrected chi connectivity index (χ3v) is 5.87. The number of nitrogens with zero attached hydrogens (tertiary/aromatic N) is 1. The Morgan fingerprint density at radius 3 is 2.17 bits per heavy atom. The molecule has 1 heterocycles. The van der Waals surface area contributed by atoms with Gasteiger partial charge < -0.3 is 20.4 Å². The monoisotopic (exact) mass is 409 g/mol. The van der Waals surface area contributed by atoms with Crippen LogP contribution in [-0.2, 0) is 9.59 Å². The van der Waals surface area contributed by atoms with Gasteiger partial charge in [0.2, 0.25) is 0 Å². The Morgan fingerprint density at radius 2 is 1.57 bits per heavy atom. The maximum absolute atomic E-state index is 12.5. The summed E-state index contributed by atoms with van der Waals surface area (Å²) < 4.78 is 0. The van der Waals surface area contributed by atoms with E-state index >= 15 is 0 Å². The maximum atomic E-state index is 12.5. The van der Waals surface area contributed by atoms with E-state index in [-0.39, 0.29) is 12.1 Å². The molecule has 6 nitrogen and oxygen atoms in total. The highest BCUT2D eigenvalue weighted by Crippen LogP contribution is 2.17. The summed E-state index contributed by atoms with van der Waals surface area (Å²) in [6.07, 6.45) is 2.40. The Kier molecular flexibility index (Phi) is 7.46. The highest BCUT2D eigenvalue weighted by molar-refractivity contribution is 6.35. The minimum absolute atomic E-state index is 0.145. The molecule has 2 amide bonds.